The molecule has 0 unspecified atom stereocenters. The quantitative estimate of drug-likeness (QED) is 0.256. The summed E-state index contributed by atoms with van der Waals surface area (Å²) in [5, 5.41) is 0. The summed E-state index contributed by atoms with van der Waals surface area (Å²) in [6, 6.07) is 34.8. The highest BCUT2D eigenvalue weighted by Crippen LogP contribution is 2.35. The summed E-state index contributed by atoms with van der Waals surface area (Å²) < 4.78 is 0. The van der Waals surface area contributed by atoms with Gasteiger partial charge in [-0.3, -0.25) is 0 Å². The highest BCUT2D eigenvalue weighted by atomic mass is 15.1. The van der Waals surface area contributed by atoms with E-state index in [9.17, 15) is 0 Å². The van der Waals surface area contributed by atoms with Crippen LogP contribution in [-0.4, -0.2) is 39.3 Å². The Labute approximate surface area is 233 Å². The number of benzene rings is 4. The maximum Gasteiger partial charge on any atom is 0.0366 e. The molecule has 3 nitrogen and oxygen atoms in total. The van der Waals surface area contributed by atoms with Crippen molar-refractivity contribution in [2.45, 2.75) is 38.5 Å². The van der Waals surface area contributed by atoms with Crippen molar-refractivity contribution in [3.8, 4) is 33.4 Å². The molecule has 3 heterocycles. The topological polar surface area (TPSA) is 9.72 Å². The number of hydrogen-bond donors (Lipinski definition) is 0. The maximum absolute atomic E-state index is 2.51. The smallest absolute Gasteiger partial charge is 0.0366 e. The second kappa shape index (κ2) is 10.8. The van der Waals surface area contributed by atoms with Crippen LogP contribution in [0.3, 0.4) is 0 Å². The van der Waals surface area contributed by atoms with Gasteiger partial charge in [0.2, 0.25) is 0 Å². The summed E-state index contributed by atoms with van der Waals surface area (Å²) in [6.45, 7) is 7.08. The fourth-order valence-electron chi connectivity index (χ4n) is 6.65. The van der Waals surface area contributed by atoms with Crippen molar-refractivity contribution < 1.29 is 0 Å². The fraction of sp³-hybridized carbons (Fsp3) is 0.333. The summed E-state index contributed by atoms with van der Waals surface area (Å²) in [5.74, 6) is 0. The van der Waals surface area contributed by atoms with E-state index < -0.39 is 0 Å². The van der Waals surface area contributed by atoms with Crippen molar-refractivity contribution in [2.75, 3.05) is 54.0 Å². The van der Waals surface area contributed by atoms with Crippen LogP contribution >= 0.6 is 0 Å². The average molecular weight is 514 g/mol. The summed E-state index contributed by atoms with van der Waals surface area (Å²) in [7, 11) is 0. The predicted octanol–water partition coefficient (Wildman–Crippen LogP) is 8.49. The molecule has 39 heavy (non-hydrogen) atoms. The van der Waals surface area contributed by atoms with Crippen molar-refractivity contribution in [3.63, 3.8) is 0 Å². The van der Waals surface area contributed by atoms with Gasteiger partial charge in [0.25, 0.3) is 0 Å². The Kier molecular flexibility index (Phi) is 6.74. The molecule has 0 saturated carbocycles. The van der Waals surface area contributed by atoms with Crippen LogP contribution in [0.25, 0.3) is 33.4 Å². The van der Waals surface area contributed by atoms with Crippen LogP contribution in [0.2, 0.25) is 0 Å². The van der Waals surface area contributed by atoms with Gasteiger partial charge in [-0.05, 0) is 127 Å². The molecule has 3 saturated heterocycles. The third-order valence-electron chi connectivity index (χ3n) is 8.95. The van der Waals surface area contributed by atoms with Gasteiger partial charge in [0, 0.05) is 56.3 Å². The number of rotatable bonds is 6. The molecule has 0 amide bonds. The van der Waals surface area contributed by atoms with Gasteiger partial charge in [-0.25, -0.2) is 0 Å². The summed E-state index contributed by atoms with van der Waals surface area (Å²) in [5.41, 5.74) is 11.7. The highest BCUT2D eigenvalue weighted by molar-refractivity contribution is 5.82. The molecule has 3 aliphatic heterocycles. The minimum absolute atomic E-state index is 1.18. The van der Waals surface area contributed by atoms with Crippen LogP contribution in [-0.2, 0) is 0 Å². The first-order valence-corrected chi connectivity index (χ1v) is 15.0. The van der Waals surface area contributed by atoms with E-state index in [-0.39, 0.29) is 0 Å². The average Bonchev–Trinajstić information content (AvgIpc) is 3.82. The lowest BCUT2D eigenvalue weighted by atomic mass is 9.93. The number of hydrogen-bond acceptors (Lipinski definition) is 3. The van der Waals surface area contributed by atoms with Crippen LogP contribution in [0.5, 0.6) is 0 Å². The third-order valence-corrected chi connectivity index (χ3v) is 8.95. The molecule has 3 aliphatic rings. The Balaban J connectivity index is 1.24. The predicted molar refractivity (Wildman–Crippen MR) is 167 cm³/mol. The summed E-state index contributed by atoms with van der Waals surface area (Å²) in [4.78, 5) is 7.53. The second-order valence-corrected chi connectivity index (χ2v) is 11.5. The lowest BCUT2D eigenvalue weighted by molar-refractivity contribution is 0.949. The molecule has 0 spiro atoms. The molecular formula is C36H39N3. The Hall–Kier alpha value is -3.72. The lowest BCUT2D eigenvalue weighted by Gasteiger charge is -2.19. The van der Waals surface area contributed by atoms with Gasteiger partial charge in [-0.1, -0.05) is 36.4 Å². The van der Waals surface area contributed by atoms with E-state index in [1.807, 2.05) is 0 Å². The van der Waals surface area contributed by atoms with E-state index in [0.717, 1.165) is 0 Å². The van der Waals surface area contributed by atoms with Gasteiger partial charge in [0.1, 0.15) is 0 Å². The van der Waals surface area contributed by atoms with Crippen LogP contribution in [0.4, 0.5) is 17.1 Å². The minimum atomic E-state index is 1.18. The van der Waals surface area contributed by atoms with E-state index in [4.69, 9.17) is 0 Å². The molecule has 4 aromatic carbocycles. The largest absolute Gasteiger partial charge is 0.372 e. The van der Waals surface area contributed by atoms with Crippen molar-refractivity contribution in [2.24, 2.45) is 0 Å². The molecule has 0 N–H and O–H groups in total. The second-order valence-electron chi connectivity index (χ2n) is 11.5. The molecule has 3 fully saturated rings. The van der Waals surface area contributed by atoms with E-state index >= 15 is 0 Å². The monoisotopic (exact) mass is 513 g/mol. The first-order chi connectivity index (χ1) is 19.3. The molecule has 3 heteroatoms. The van der Waals surface area contributed by atoms with Crippen molar-refractivity contribution in [1.82, 2.24) is 0 Å². The van der Waals surface area contributed by atoms with Gasteiger partial charge in [-0.2, -0.15) is 0 Å². The van der Waals surface area contributed by atoms with Gasteiger partial charge in [0.15, 0.2) is 0 Å². The van der Waals surface area contributed by atoms with Crippen molar-refractivity contribution in [1.29, 1.82) is 0 Å². The molecule has 4 aromatic rings. The van der Waals surface area contributed by atoms with E-state index in [1.165, 1.54) is 128 Å². The third kappa shape index (κ3) is 5.15. The van der Waals surface area contributed by atoms with Crippen molar-refractivity contribution in [3.05, 3.63) is 91.0 Å². The van der Waals surface area contributed by atoms with E-state index in [1.54, 1.807) is 0 Å². The van der Waals surface area contributed by atoms with Gasteiger partial charge >= 0.3 is 0 Å². The summed E-state index contributed by atoms with van der Waals surface area (Å²) in [6.07, 6.45) is 7.83. The van der Waals surface area contributed by atoms with Crippen LogP contribution < -0.4 is 14.7 Å². The van der Waals surface area contributed by atoms with Crippen LogP contribution in [0.15, 0.2) is 91.0 Å². The Bertz CT molecular complexity index is 1200. The number of anilines is 3. The van der Waals surface area contributed by atoms with Gasteiger partial charge in [-0.15, -0.1) is 0 Å². The Morgan fingerprint density at radius 1 is 0.282 bits per heavy atom. The molecule has 0 bridgehead atoms. The van der Waals surface area contributed by atoms with E-state index in [2.05, 4.69) is 106 Å². The molecule has 198 valence electrons. The highest BCUT2D eigenvalue weighted by Gasteiger charge is 2.16. The van der Waals surface area contributed by atoms with Gasteiger partial charge in [0.05, 0.1) is 0 Å². The molecule has 0 atom stereocenters. The van der Waals surface area contributed by atoms with E-state index in [0.29, 0.717) is 0 Å². The SMILES string of the molecule is c1cc(N2CCCC2)ccc1-c1cc(-c2ccc(N3CCCC3)cc2)cc(-c2ccc(N3CCCC3)cc2)c1. The minimum Gasteiger partial charge on any atom is -0.372 e. The zero-order valence-corrected chi connectivity index (χ0v) is 23.0. The Morgan fingerprint density at radius 3 is 0.744 bits per heavy atom. The molecule has 0 aromatic heterocycles. The van der Waals surface area contributed by atoms with Crippen molar-refractivity contribution >= 4 is 17.1 Å². The fourth-order valence-corrected chi connectivity index (χ4v) is 6.65. The number of nitrogens with zero attached hydrogens (tertiary/aromatic N) is 3. The normalized spacial score (nSPS) is 17.4. The van der Waals surface area contributed by atoms with Gasteiger partial charge < -0.3 is 14.7 Å². The summed E-state index contributed by atoms with van der Waals surface area (Å²) >= 11 is 0. The molecular weight excluding hydrogens is 474 g/mol. The first kappa shape index (κ1) is 24.3. The zero-order chi connectivity index (χ0) is 26.0. The van der Waals surface area contributed by atoms with Crippen LogP contribution in [0, 0.1) is 0 Å². The molecule has 7 rings (SSSR count). The molecule has 0 radical (unpaired) electrons. The van der Waals surface area contributed by atoms with Crippen LogP contribution in [0.1, 0.15) is 38.5 Å². The standard InChI is InChI=1S/C36H39N3/c1-2-20-37(19-1)34-13-7-28(8-14-34)31-25-32(29-9-15-35(16-10-29)38-21-3-4-22-38)27-33(26-31)30-11-17-36(18-12-30)39-23-5-6-24-39/h7-18,25-27H,1-6,19-24H2. The molecule has 0 aliphatic carbocycles. The lowest BCUT2D eigenvalue weighted by Crippen LogP contribution is -2.17. The maximum atomic E-state index is 2.51. The first-order valence-electron chi connectivity index (χ1n) is 15.0. The Morgan fingerprint density at radius 2 is 0.513 bits per heavy atom. The zero-order valence-electron chi connectivity index (χ0n) is 23.0.